The number of para-hydroxylation sites is 1. The predicted molar refractivity (Wildman–Crippen MR) is 127 cm³/mol. The average molecular weight is 486 g/mol. The summed E-state index contributed by atoms with van der Waals surface area (Å²) >= 11 is 12.7. The number of carbonyl (C=O) groups is 2. The molecule has 2 fully saturated rings. The summed E-state index contributed by atoms with van der Waals surface area (Å²) in [5.74, 6) is -0.370. The number of halogens is 2. The second-order valence-electron chi connectivity index (χ2n) is 8.73. The van der Waals surface area contributed by atoms with Gasteiger partial charge in [-0.05, 0) is 67.7 Å². The normalized spacial score (nSPS) is 17.3. The number of nitrogens with zero attached hydrogens (tertiary/aromatic N) is 3. The van der Waals surface area contributed by atoms with E-state index in [1.807, 2.05) is 24.3 Å². The first-order valence-corrected chi connectivity index (χ1v) is 11.8. The van der Waals surface area contributed by atoms with Crippen molar-refractivity contribution in [3.8, 4) is 6.07 Å². The molecule has 0 unspecified atom stereocenters. The molecule has 0 aliphatic carbocycles. The first kappa shape index (κ1) is 23.6. The fraction of sp³-hybridized carbons (Fsp3) is 0.400. The highest BCUT2D eigenvalue weighted by atomic mass is 35.5. The van der Waals surface area contributed by atoms with Gasteiger partial charge in [0.2, 0.25) is 0 Å². The highest BCUT2D eigenvalue weighted by molar-refractivity contribution is 6.39. The van der Waals surface area contributed by atoms with E-state index in [0.717, 1.165) is 48.6 Å². The zero-order valence-electron chi connectivity index (χ0n) is 18.4. The smallest absolute Gasteiger partial charge is 0.316 e. The number of anilines is 1. The molecule has 33 heavy (non-hydrogen) atoms. The van der Waals surface area contributed by atoms with E-state index in [4.69, 9.17) is 23.2 Å². The Morgan fingerprint density at radius 3 is 2.48 bits per heavy atom. The molecule has 2 heterocycles. The van der Waals surface area contributed by atoms with Crippen molar-refractivity contribution in [2.75, 3.05) is 31.1 Å². The number of esters is 1. The highest BCUT2D eigenvalue weighted by Gasteiger charge is 2.32. The van der Waals surface area contributed by atoms with E-state index in [9.17, 15) is 14.9 Å². The zero-order valence-corrected chi connectivity index (χ0v) is 19.9. The number of aryl methyl sites for hydroxylation is 1. The van der Waals surface area contributed by atoms with E-state index >= 15 is 0 Å². The molecule has 0 amide bonds. The fourth-order valence-electron chi connectivity index (χ4n) is 4.75. The van der Waals surface area contributed by atoms with Gasteiger partial charge in [0.1, 0.15) is 0 Å². The van der Waals surface area contributed by atoms with Crippen LogP contribution < -0.4 is 4.90 Å². The van der Waals surface area contributed by atoms with Crippen molar-refractivity contribution >= 4 is 41.3 Å². The quantitative estimate of drug-likeness (QED) is 0.335. The SMILES string of the molecule is Cc1cc(C2CN(c3c(Cl)cccc3Cl)C2)cc(C#N)c1CN1CCC(C(=O)OC=O)CC1. The van der Waals surface area contributed by atoms with Crippen LogP contribution >= 0.6 is 23.2 Å². The summed E-state index contributed by atoms with van der Waals surface area (Å²) in [6, 6.07) is 12.1. The summed E-state index contributed by atoms with van der Waals surface area (Å²) in [6.07, 6.45) is 1.29. The molecule has 6 nitrogen and oxygen atoms in total. The summed E-state index contributed by atoms with van der Waals surface area (Å²) < 4.78 is 4.49. The lowest BCUT2D eigenvalue weighted by atomic mass is 9.86. The van der Waals surface area contributed by atoms with Crippen LogP contribution in [0.15, 0.2) is 30.3 Å². The minimum Gasteiger partial charge on any atom is -0.395 e. The summed E-state index contributed by atoms with van der Waals surface area (Å²) in [5.41, 5.74) is 4.84. The summed E-state index contributed by atoms with van der Waals surface area (Å²) in [7, 11) is 0. The zero-order chi connectivity index (χ0) is 23.5. The van der Waals surface area contributed by atoms with Crippen LogP contribution in [-0.2, 0) is 20.9 Å². The van der Waals surface area contributed by atoms with Gasteiger partial charge in [-0.25, -0.2) is 0 Å². The molecule has 2 aromatic rings. The molecule has 172 valence electrons. The van der Waals surface area contributed by atoms with Gasteiger partial charge >= 0.3 is 12.4 Å². The van der Waals surface area contributed by atoms with Crippen LogP contribution in [0.5, 0.6) is 0 Å². The summed E-state index contributed by atoms with van der Waals surface area (Å²) in [5, 5.41) is 11.1. The molecular formula is C25H25Cl2N3O3. The third kappa shape index (κ3) is 5.01. The molecule has 0 bridgehead atoms. The van der Waals surface area contributed by atoms with E-state index in [-0.39, 0.29) is 12.4 Å². The third-order valence-corrected chi connectivity index (χ3v) is 7.30. The standard InChI is InChI=1S/C25H25Cl2N3O3/c1-16-9-18(20-12-30(13-20)24-22(26)3-2-4-23(24)27)10-19(11-28)21(16)14-29-7-5-17(6-8-29)25(32)33-15-31/h2-4,9-10,15,17,20H,5-8,12-14H2,1H3. The van der Waals surface area contributed by atoms with Gasteiger partial charge in [0, 0.05) is 25.6 Å². The van der Waals surface area contributed by atoms with Gasteiger partial charge in [-0.2, -0.15) is 5.26 Å². The minimum atomic E-state index is -0.449. The van der Waals surface area contributed by atoms with Crippen molar-refractivity contribution in [1.82, 2.24) is 4.90 Å². The monoisotopic (exact) mass is 485 g/mol. The number of benzene rings is 2. The number of likely N-dealkylation sites (tertiary alicyclic amines) is 1. The van der Waals surface area contributed by atoms with Gasteiger partial charge in [-0.15, -0.1) is 0 Å². The first-order valence-electron chi connectivity index (χ1n) is 11.0. The maximum absolute atomic E-state index is 11.8. The molecule has 2 saturated heterocycles. The van der Waals surface area contributed by atoms with Crippen LogP contribution in [0.25, 0.3) is 0 Å². The van der Waals surface area contributed by atoms with E-state index in [0.29, 0.717) is 40.9 Å². The molecule has 4 rings (SSSR count). The molecule has 8 heteroatoms. The van der Waals surface area contributed by atoms with E-state index in [2.05, 4.69) is 33.6 Å². The Morgan fingerprint density at radius 2 is 1.88 bits per heavy atom. The maximum atomic E-state index is 11.8. The van der Waals surface area contributed by atoms with Gasteiger partial charge in [-0.1, -0.05) is 35.3 Å². The molecule has 2 aliphatic rings. The Balaban J connectivity index is 1.42. The number of piperidine rings is 1. The Kier molecular flexibility index (Phi) is 7.23. The second-order valence-corrected chi connectivity index (χ2v) is 9.55. The van der Waals surface area contributed by atoms with Crippen molar-refractivity contribution in [3.05, 3.63) is 62.6 Å². The molecule has 0 atom stereocenters. The molecular weight excluding hydrogens is 461 g/mol. The van der Waals surface area contributed by atoms with E-state index < -0.39 is 5.97 Å². The van der Waals surface area contributed by atoms with Crippen LogP contribution in [0.3, 0.4) is 0 Å². The van der Waals surface area contributed by atoms with Gasteiger partial charge in [0.05, 0.1) is 33.3 Å². The summed E-state index contributed by atoms with van der Waals surface area (Å²) in [6.45, 7) is 5.96. The number of hydrogen-bond acceptors (Lipinski definition) is 6. The lowest BCUT2D eigenvalue weighted by Crippen LogP contribution is -2.45. The third-order valence-electron chi connectivity index (χ3n) is 6.69. The number of carbonyl (C=O) groups excluding carboxylic acids is 2. The van der Waals surface area contributed by atoms with Crippen LogP contribution in [-0.4, -0.2) is 43.5 Å². The topological polar surface area (TPSA) is 73.6 Å². The number of nitriles is 1. The van der Waals surface area contributed by atoms with Crippen molar-refractivity contribution in [2.45, 2.75) is 32.2 Å². The molecule has 0 radical (unpaired) electrons. The van der Waals surface area contributed by atoms with Crippen LogP contribution in [0.2, 0.25) is 10.0 Å². The Morgan fingerprint density at radius 1 is 1.21 bits per heavy atom. The Hall–Kier alpha value is -2.59. The highest BCUT2D eigenvalue weighted by Crippen LogP contribution is 2.40. The van der Waals surface area contributed by atoms with Crippen molar-refractivity contribution in [1.29, 1.82) is 5.26 Å². The second kappa shape index (κ2) is 10.1. The molecule has 0 spiro atoms. The maximum Gasteiger partial charge on any atom is 0.316 e. The van der Waals surface area contributed by atoms with Crippen LogP contribution in [0, 0.1) is 24.2 Å². The van der Waals surface area contributed by atoms with Gasteiger partial charge in [0.15, 0.2) is 0 Å². The number of ether oxygens (including phenoxy) is 1. The molecule has 2 aromatic carbocycles. The van der Waals surface area contributed by atoms with E-state index in [1.54, 1.807) is 0 Å². The summed E-state index contributed by atoms with van der Waals surface area (Å²) in [4.78, 5) is 26.6. The predicted octanol–water partition coefficient (Wildman–Crippen LogP) is 4.69. The largest absolute Gasteiger partial charge is 0.395 e. The average Bonchev–Trinajstić information content (AvgIpc) is 2.77. The lowest BCUT2D eigenvalue weighted by molar-refractivity contribution is -0.156. The van der Waals surface area contributed by atoms with Gasteiger partial charge in [0.25, 0.3) is 0 Å². The minimum absolute atomic E-state index is 0.198. The van der Waals surface area contributed by atoms with Gasteiger partial charge < -0.3 is 9.64 Å². The van der Waals surface area contributed by atoms with Crippen molar-refractivity contribution < 1.29 is 14.3 Å². The van der Waals surface area contributed by atoms with Crippen molar-refractivity contribution in [2.24, 2.45) is 5.92 Å². The number of rotatable bonds is 6. The molecule has 2 aliphatic heterocycles. The lowest BCUT2D eigenvalue weighted by Gasteiger charge is -2.42. The molecule has 0 N–H and O–H groups in total. The molecule has 0 aromatic heterocycles. The Labute approximate surface area is 203 Å². The first-order chi connectivity index (χ1) is 15.9. The van der Waals surface area contributed by atoms with E-state index in [1.165, 1.54) is 0 Å². The van der Waals surface area contributed by atoms with Crippen LogP contribution in [0.1, 0.15) is 41.0 Å². The van der Waals surface area contributed by atoms with Gasteiger partial charge in [-0.3, -0.25) is 14.5 Å². The number of hydrogen-bond donors (Lipinski definition) is 0. The molecule has 0 saturated carbocycles. The fourth-order valence-corrected chi connectivity index (χ4v) is 5.38. The Bertz CT molecular complexity index is 1080. The van der Waals surface area contributed by atoms with Crippen molar-refractivity contribution in [3.63, 3.8) is 0 Å². The van der Waals surface area contributed by atoms with Crippen LogP contribution in [0.4, 0.5) is 5.69 Å².